The molecular formula is C22H32F2N9O4-. The number of likely N-dealkylation sites (N-methyl/N-ethyl adjacent to an activating group) is 1. The Labute approximate surface area is 212 Å². The molecule has 0 aromatic carbocycles. The summed E-state index contributed by atoms with van der Waals surface area (Å²) in [6, 6.07) is 0.160. The lowest BCUT2D eigenvalue weighted by Gasteiger charge is -2.49. The van der Waals surface area contributed by atoms with Crippen molar-refractivity contribution in [3.8, 4) is 0 Å². The first-order valence-corrected chi connectivity index (χ1v) is 12.5. The summed E-state index contributed by atoms with van der Waals surface area (Å²) in [6.45, 7) is 1.33. The Kier molecular flexibility index (Phi) is 6.93. The molecule has 0 bridgehead atoms. The van der Waals surface area contributed by atoms with E-state index < -0.39 is 41.3 Å². The Hall–Kier alpha value is -2.69. The molecule has 4 atom stereocenters. The number of piperidine rings is 1. The number of quaternary nitrogens is 1. The number of halogens is 2. The molecule has 0 aromatic rings. The molecule has 5 rings (SSSR count). The highest BCUT2D eigenvalue weighted by atomic mass is 19.1. The van der Waals surface area contributed by atoms with Gasteiger partial charge < -0.3 is 41.9 Å². The Bertz CT molecular complexity index is 1040. The summed E-state index contributed by atoms with van der Waals surface area (Å²) in [5, 5.41) is 33.8. The average Bonchev–Trinajstić information content (AvgIpc) is 3.03. The second kappa shape index (κ2) is 9.89. The molecule has 0 aromatic heterocycles. The first-order chi connectivity index (χ1) is 17.6. The zero-order valence-corrected chi connectivity index (χ0v) is 20.5. The fraction of sp³-hybridized carbons (Fsp3) is 0.682. The minimum atomic E-state index is -1.76. The number of hydroxylamine groups is 3. The molecule has 2 amide bonds. The molecule has 0 radical (unpaired) electrons. The molecule has 5 aliphatic rings. The third-order valence-corrected chi connectivity index (χ3v) is 7.60. The van der Waals surface area contributed by atoms with Crippen molar-refractivity contribution in [1.29, 1.82) is 0 Å². The van der Waals surface area contributed by atoms with Gasteiger partial charge in [-0.1, -0.05) is 0 Å². The third kappa shape index (κ3) is 4.70. The van der Waals surface area contributed by atoms with Gasteiger partial charge >= 0.3 is 0 Å². The Morgan fingerprint density at radius 1 is 1.27 bits per heavy atom. The highest BCUT2D eigenvalue weighted by molar-refractivity contribution is 6.02. The number of amides is 2. The van der Waals surface area contributed by atoms with E-state index in [-0.39, 0.29) is 53.4 Å². The van der Waals surface area contributed by atoms with E-state index in [0.717, 1.165) is 13.1 Å². The molecule has 37 heavy (non-hydrogen) atoms. The average molecular weight is 525 g/mol. The minimum absolute atomic E-state index is 0.00182. The van der Waals surface area contributed by atoms with Gasteiger partial charge in [-0.15, -0.1) is 0 Å². The van der Waals surface area contributed by atoms with E-state index in [1.807, 2.05) is 7.05 Å². The van der Waals surface area contributed by atoms with Gasteiger partial charge in [0.1, 0.15) is 18.5 Å². The standard InChI is InChI=1S/C22H32F2N9O4/c1-30-9-14(10-30)28-21(34)12-2-4-31(5-3-12)18-15(24)7-26-8-16(18)29-22(35)17-19(25)32(36)33(37)11-13(23)6-27-20(17)33/h8,12-14,17,19,26H,2-7,9-11,25H2,1H3,(H,28,34)(H,29,35)/q-1. The van der Waals surface area contributed by atoms with Crippen molar-refractivity contribution in [3.63, 3.8) is 0 Å². The zero-order chi connectivity index (χ0) is 26.5. The van der Waals surface area contributed by atoms with E-state index in [2.05, 4.69) is 25.8 Å². The fourth-order valence-corrected chi connectivity index (χ4v) is 5.65. The summed E-state index contributed by atoms with van der Waals surface area (Å²) in [7, 11) is 1.99. The fourth-order valence-electron chi connectivity index (χ4n) is 5.65. The van der Waals surface area contributed by atoms with Crippen molar-refractivity contribution < 1.29 is 23.1 Å². The lowest BCUT2D eigenvalue weighted by molar-refractivity contribution is -0.905. The maximum atomic E-state index is 15.0. The summed E-state index contributed by atoms with van der Waals surface area (Å²) in [5.41, 5.74) is 6.18. The second-order valence-electron chi connectivity index (χ2n) is 10.3. The number of aliphatic imine (C=N–C) groups is 1. The lowest BCUT2D eigenvalue weighted by atomic mass is 9.94. The van der Waals surface area contributed by atoms with Gasteiger partial charge in [0.05, 0.1) is 30.5 Å². The molecular weight excluding hydrogens is 492 g/mol. The quantitative estimate of drug-likeness (QED) is 0.249. The smallest absolute Gasteiger partial charge is 0.242 e. The largest absolute Gasteiger partial charge is 0.737 e. The molecule has 204 valence electrons. The van der Waals surface area contributed by atoms with E-state index in [9.17, 15) is 24.4 Å². The predicted octanol–water partition coefficient (Wildman–Crippen LogP) is -1.44. The topological polar surface area (TPSA) is 164 Å². The Morgan fingerprint density at radius 3 is 2.65 bits per heavy atom. The van der Waals surface area contributed by atoms with Gasteiger partial charge in [-0.25, -0.2) is 18.5 Å². The zero-order valence-electron chi connectivity index (χ0n) is 20.5. The molecule has 5 aliphatic heterocycles. The molecule has 0 spiro atoms. The molecule has 0 saturated carbocycles. The van der Waals surface area contributed by atoms with Gasteiger partial charge in [0.15, 0.2) is 12.1 Å². The van der Waals surface area contributed by atoms with Crippen LogP contribution in [-0.4, -0.2) is 109 Å². The number of hydrogen-bond acceptors (Lipinski definition) is 10. The second-order valence-corrected chi connectivity index (χ2v) is 10.3. The Morgan fingerprint density at radius 2 is 1.97 bits per heavy atom. The number of likely N-dealkylation sites (tertiary alicyclic amines) is 2. The highest BCUT2D eigenvalue weighted by Gasteiger charge is 2.55. The van der Waals surface area contributed by atoms with E-state index >= 15 is 4.39 Å². The summed E-state index contributed by atoms with van der Waals surface area (Å²) in [4.78, 5) is 33.6. The molecule has 5 heterocycles. The summed E-state index contributed by atoms with van der Waals surface area (Å²) >= 11 is 0. The van der Waals surface area contributed by atoms with E-state index in [0.29, 0.717) is 25.9 Å². The van der Waals surface area contributed by atoms with Crippen LogP contribution >= 0.6 is 0 Å². The number of carbonyl (C=O) groups excluding carboxylic acids is 2. The highest BCUT2D eigenvalue weighted by Crippen LogP contribution is 2.34. The van der Waals surface area contributed by atoms with Gasteiger partial charge in [0.2, 0.25) is 17.6 Å². The number of dihydropyridines is 1. The number of rotatable bonds is 5. The first-order valence-electron chi connectivity index (χ1n) is 12.5. The van der Waals surface area contributed by atoms with E-state index in [1.54, 1.807) is 4.90 Å². The number of hydrogen-bond donors (Lipinski definition) is 4. The SMILES string of the molecule is CN1CC(NC(=O)C2CCN(C3=C(F)CNC=C3NC(=O)C3C4=NCC(F)C[N+]4([O-])N([O-])C3N)CC2)C1. The molecule has 4 unspecified atom stereocenters. The van der Waals surface area contributed by atoms with Crippen LogP contribution in [0.4, 0.5) is 8.78 Å². The number of nitrogens with zero attached hydrogens (tertiary/aromatic N) is 5. The van der Waals surface area contributed by atoms with E-state index in [1.165, 1.54) is 6.20 Å². The van der Waals surface area contributed by atoms with E-state index in [4.69, 9.17) is 5.73 Å². The van der Waals surface area contributed by atoms with Crippen molar-refractivity contribution in [3.05, 3.63) is 33.8 Å². The van der Waals surface area contributed by atoms with Crippen molar-refractivity contribution in [2.24, 2.45) is 22.6 Å². The Balaban J connectivity index is 1.25. The van der Waals surface area contributed by atoms with Crippen LogP contribution in [0.2, 0.25) is 0 Å². The van der Waals surface area contributed by atoms with Crippen LogP contribution in [0, 0.1) is 22.3 Å². The lowest BCUT2D eigenvalue weighted by Crippen LogP contribution is -2.59. The van der Waals surface area contributed by atoms with Crippen LogP contribution in [0.5, 0.6) is 0 Å². The molecule has 3 fully saturated rings. The molecule has 3 saturated heterocycles. The third-order valence-electron chi connectivity index (χ3n) is 7.60. The number of fused-ring (bicyclic) bond motifs is 1. The van der Waals surface area contributed by atoms with Gasteiger partial charge in [0, 0.05) is 38.3 Å². The molecule has 5 N–H and O–H groups in total. The summed E-state index contributed by atoms with van der Waals surface area (Å²) < 4.78 is 27.1. The number of carbonyl (C=O) groups is 2. The van der Waals surface area contributed by atoms with Crippen LogP contribution in [-0.2, 0) is 9.59 Å². The van der Waals surface area contributed by atoms with Crippen LogP contribution in [0.15, 0.2) is 28.4 Å². The van der Waals surface area contributed by atoms with Crippen molar-refractivity contribution >= 4 is 17.6 Å². The molecule has 0 aliphatic carbocycles. The van der Waals surface area contributed by atoms with Gasteiger partial charge in [-0.3, -0.25) is 9.59 Å². The van der Waals surface area contributed by atoms with Crippen molar-refractivity contribution in [1.82, 2.24) is 30.9 Å². The van der Waals surface area contributed by atoms with Gasteiger partial charge in [0.25, 0.3) is 0 Å². The molecule has 13 nitrogen and oxygen atoms in total. The maximum Gasteiger partial charge on any atom is 0.242 e. The van der Waals surface area contributed by atoms with Crippen molar-refractivity contribution in [2.45, 2.75) is 31.2 Å². The van der Waals surface area contributed by atoms with Crippen LogP contribution in [0.3, 0.4) is 0 Å². The minimum Gasteiger partial charge on any atom is -0.737 e. The predicted molar refractivity (Wildman–Crippen MR) is 128 cm³/mol. The van der Waals surface area contributed by atoms with Crippen molar-refractivity contribution in [2.75, 3.05) is 52.9 Å². The monoisotopic (exact) mass is 524 g/mol. The van der Waals surface area contributed by atoms with Crippen LogP contribution in [0.1, 0.15) is 12.8 Å². The number of nitrogens with two attached hydrogens (primary N) is 1. The number of nitrogens with one attached hydrogen (secondary N) is 3. The van der Waals surface area contributed by atoms with Crippen LogP contribution < -0.4 is 21.7 Å². The maximum absolute atomic E-state index is 15.0. The van der Waals surface area contributed by atoms with Crippen LogP contribution in [0.25, 0.3) is 0 Å². The summed E-state index contributed by atoms with van der Waals surface area (Å²) in [5.74, 6) is -3.25. The molecule has 15 heteroatoms. The van der Waals surface area contributed by atoms with Gasteiger partial charge in [-0.2, -0.15) is 5.17 Å². The summed E-state index contributed by atoms with van der Waals surface area (Å²) in [6.07, 6.45) is -0.704. The first kappa shape index (κ1) is 25.9. The normalized spacial score (nSPS) is 33.8. The number of amidine groups is 1. The van der Waals surface area contributed by atoms with Gasteiger partial charge in [-0.05, 0) is 19.9 Å². The number of alkyl halides is 1.